The van der Waals surface area contributed by atoms with Crippen molar-refractivity contribution in [3.8, 4) is 12.3 Å². The fraction of sp³-hybridized carbons (Fsp3) is 0.600. The van der Waals surface area contributed by atoms with Crippen molar-refractivity contribution in [1.82, 2.24) is 4.90 Å². The van der Waals surface area contributed by atoms with Crippen LogP contribution in [0.25, 0.3) is 0 Å². The number of ether oxygens (including phenoxy) is 1. The van der Waals surface area contributed by atoms with E-state index in [0.29, 0.717) is 31.8 Å². The van der Waals surface area contributed by atoms with Crippen LogP contribution in [0, 0.1) is 12.3 Å². The van der Waals surface area contributed by atoms with E-state index in [9.17, 15) is 4.79 Å². The number of allylic oxidation sites excluding steroid dienone is 1. The molecule has 1 rings (SSSR count). The van der Waals surface area contributed by atoms with Crippen LogP contribution in [0.2, 0.25) is 0 Å². The molecule has 1 heterocycles. The summed E-state index contributed by atoms with van der Waals surface area (Å²) in [5.74, 6) is 4.46. The molecule has 0 bridgehead atoms. The predicted octanol–water partition coefficient (Wildman–Crippen LogP) is 0.448. The molecule has 0 atom stereocenters. The number of morpholine rings is 1. The molecule has 0 N–H and O–H groups in total. The molecule has 0 aromatic carbocycles. The molecule has 0 spiro atoms. The average molecular weight is 179 g/mol. The van der Waals surface area contributed by atoms with Gasteiger partial charge in [-0.3, -0.25) is 0 Å². The van der Waals surface area contributed by atoms with E-state index >= 15 is 0 Å². The minimum atomic E-state index is 0.599. The Bertz CT molecular complexity index is 242. The summed E-state index contributed by atoms with van der Waals surface area (Å²) in [4.78, 5) is 12.6. The summed E-state index contributed by atoms with van der Waals surface area (Å²) in [6.45, 7) is 2.91. The van der Waals surface area contributed by atoms with E-state index < -0.39 is 0 Å². The molecule has 0 saturated carbocycles. The van der Waals surface area contributed by atoms with Crippen LogP contribution in [0.3, 0.4) is 0 Å². The summed E-state index contributed by atoms with van der Waals surface area (Å²) in [6, 6.07) is 0. The Hall–Kier alpha value is -1.23. The number of terminal acetylenes is 1. The lowest BCUT2D eigenvalue weighted by Gasteiger charge is -2.28. The quantitative estimate of drug-likeness (QED) is 0.465. The van der Waals surface area contributed by atoms with Gasteiger partial charge >= 0.3 is 0 Å². The van der Waals surface area contributed by atoms with Crippen molar-refractivity contribution in [2.75, 3.05) is 26.3 Å². The van der Waals surface area contributed by atoms with Gasteiger partial charge in [-0.25, -0.2) is 4.79 Å². The van der Waals surface area contributed by atoms with Crippen molar-refractivity contribution in [3.05, 3.63) is 5.70 Å². The van der Waals surface area contributed by atoms with Gasteiger partial charge < -0.3 is 9.64 Å². The van der Waals surface area contributed by atoms with E-state index in [1.54, 1.807) is 0 Å². The molecule has 13 heavy (non-hydrogen) atoms. The minimum Gasteiger partial charge on any atom is -0.378 e. The van der Waals surface area contributed by atoms with Crippen LogP contribution in [0.1, 0.15) is 12.8 Å². The maximum atomic E-state index is 10.6. The number of hydrogen-bond acceptors (Lipinski definition) is 3. The molecular formula is C10H13NO2. The normalized spacial score (nSPS) is 16.1. The van der Waals surface area contributed by atoms with Crippen molar-refractivity contribution in [3.63, 3.8) is 0 Å². The third kappa shape index (κ3) is 2.95. The first kappa shape index (κ1) is 9.85. The summed E-state index contributed by atoms with van der Waals surface area (Å²) >= 11 is 0. The van der Waals surface area contributed by atoms with Gasteiger partial charge in [-0.15, -0.1) is 12.3 Å². The highest BCUT2D eigenvalue weighted by molar-refractivity contribution is 5.51. The van der Waals surface area contributed by atoms with Gasteiger partial charge in [0.2, 0.25) is 0 Å². The molecule has 70 valence electrons. The number of nitrogens with zero attached hydrogens (tertiary/aromatic N) is 1. The summed E-state index contributed by atoms with van der Waals surface area (Å²) in [5, 5.41) is 0. The van der Waals surface area contributed by atoms with Gasteiger partial charge in [0.25, 0.3) is 0 Å². The van der Waals surface area contributed by atoms with Crippen molar-refractivity contribution < 1.29 is 9.53 Å². The summed E-state index contributed by atoms with van der Waals surface area (Å²) in [5.41, 5.74) is 0.682. The van der Waals surface area contributed by atoms with Crippen LogP contribution in [0.4, 0.5) is 0 Å². The summed E-state index contributed by atoms with van der Waals surface area (Å²) in [7, 11) is 0. The molecular weight excluding hydrogens is 166 g/mol. The monoisotopic (exact) mass is 179 g/mol. The van der Waals surface area contributed by atoms with E-state index in [2.05, 4.69) is 5.92 Å². The molecule has 0 radical (unpaired) electrons. The highest BCUT2D eigenvalue weighted by Crippen LogP contribution is 2.09. The zero-order valence-electron chi connectivity index (χ0n) is 7.58. The Balaban J connectivity index is 2.46. The van der Waals surface area contributed by atoms with Gasteiger partial charge in [0.05, 0.1) is 18.9 Å². The Morgan fingerprint density at radius 3 is 2.69 bits per heavy atom. The standard InChI is InChI=1S/C10H13NO2/c1-2-3-4-10(9-12)11-5-7-13-8-6-11/h1H,3-8H2. The smallest absolute Gasteiger partial charge is 0.145 e. The molecule has 1 aliphatic heterocycles. The zero-order chi connectivity index (χ0) is 9.52. The van der Waals surface area contributed by atoms with E-state index in [1.165, 1.54) is 0 Å². The lowest BCUT2D eigenvalue weighted by Crippen LogP contribution is -2.35. The molecule has 1 aliphatic rings. The van der Waals surface area contributed by atoms with E-state index in [0.717, 1.165) is 13.1 Å². The topological polar surface area (TPSA) is 29.5 Å². The average Bonchev–Trinajstić information content (AvgIpc) is 2.21. The second-order valence-electron chi connectivity index (χ2n) is 2.85. The van der Waals surface area contributed by atoms with Crippen LogP contribution < -0.4 is 0 Å². The molecule has 3 nitrogen and oxygen atoms in total. The molecule has 0 aromatic heterocycles. The zero-order valence-corrected chi connectivity index (χ0v) is 7.58. The van der Waals surface area contributed by atoms with Crippen molar-refractivity contribution in [1.29, 1.82) is 0 Å². The molecule has 3 heteroatoms. The number of rotatable bonds is 3. The third-order valence-electron chi connectivity index (χ3n) is 2.02. The predicted molar refractivity (Wildman–Crippen MR) is 49.7 cm³/mol. The van der Waals surface area contributed by atoms with E-state index in [-0.39, 0.29) is 0 Å². The maximum Gasteiger partial charge on any atom is 0.145 e. The lowest BCUT2D eigenvalue weighted by atomic mass is 10.2. The van der Waals surface area contributed by atoms with E-state index in [1.807, 2.05) is 10.8 Å². The van der Waals surface area contributed by atoms with Crippen LogP contribution >= 0.6 is 0 Å². The van der Waals surface area contributed by atoms with Gasteiger partial charge in [-0.05, 0) is 0 Å². The third-order valence-corrected chi connectivity index (χ3v) is 2.02. The van der Waals surface area contributed by atoms with Gasteiger partial charge in [0, 0.05) is 25.9 Å². The first-order valence-corrected chi connectivity index (χ1v) is 4.38. The maximum absolute atomic E-state index is 10.6. The van der Waals surface area contributed by atoms with Gasteiger partial charge in [-0.2, -0.15) is 0 Å². The molecule has 1 saturated heterocycles. The minimum absolute atomic E-state index is 0.599. The molecule has 0 aliphatic carbocycles. The molecule has 0 unspecified atom stereocenters. The highest BCUT2D eigenvalue weighted by Gasteiger charge is 2.13. The Labute approximate surface area is 78.4 Å². The highest BCUT2D eigenvalue weighted by atomic mass is 16.5. The molecule has 0 amide bonds. The Morgan fingerprint density at radius 1 is 1.46 bits per heavy atom. The van der Waals surface area contributed by atoms with Gasteiger partial charge in [0.1, 0.15) is 5.94 Å². The Kier molecular flexibility index (Phi) is 4.11. The van der Waals surface area contributed by atoms with Gasteiger partial charge in [0.15, 0.2) is 0 Å². The van der Waals surface area contributed by atoms with Crippen molar-refractivity contribution >= 4 is 5.94 Å². The summed E-state index contributed by atoms with van der Waals surface area (Å²) in [6.07, 6.45) is 6.35. The van der Waals surface area contributed by atoms with Crippen LogP contribution in [0.15, 0.2) is 5.70 Å². The number of hydrogen-bond donors (Lipinski definition) is 0. The van der Waals surface area contributed by atoms with Gasteiger partial charge in [-0.1, -0.05) is 0 Å². The second kappa shape index (κ2) is 5.42. The van der Waals surface area contributed by atoms with Crippen molar-refractivity contribution in [2.45, 2.75) is 12.8 Å². The lowest BCUT2D eigenvalue weighted by molar-refractivity contribution is 0.0528. The largest absolute Gasteiger partial charge is 0.378 e. The molecule has 1 fully saturated rings. The summed E-state index contributed by atoms with van der Waals surface area (Å²) < 4.78 is 5.17. The van der Waals surface area contributed by atoms with Crippen LogP contribution in [-0.4, -0.2) is 37.1 Å². The van der Waals surface area contributed by atoms with Crippen molar-refractivity contribution in [2.24, 2.45) is 0 Å². The fourth-order valence-electron chi connectivity index (χ4n) is 1.30. The SMILES string of the molecule is C#CCCC(=C=O)N1CCOCC1. The first-order valence-electron chi connectivity index (χ1n) is 4.38. The van der Waals surface area contributed by atoms with Crippen LogP contribution in [0.5, 0.6) is 0 Å². The Morgan fingerprint density at radius 2 is 2.15 bits per heavy atom. The van der Waals surface area contributed by atoms with E-state index in [4.69, 9.17) is 11.2 Å². The fourth-order valence-corrected chi connectivity index (χ4v) is 1.30. The number of carbonyl (C=O) groups excluding carboxylic acids is 1. The molecule has 0 aromatic rings. The second-order valence-corrected chi connectivity index (χ2v) is 2.85. The first-order chi connectivity index (χ1) is 6.38. The van der Waals surface area contributed by atoms with Crippen LogP contribution in [-0.2, 0) is 9.53 Å².